The Morgan fingerprint density at radius 2 is 2.36 bits per heavy atom. The molecule has 0 unspecified atom stereocenters. The van der Waals surface area contributed by atoms with Gasteiger partial charge in [-0.1, -0.05) is 0 Å². The molecule has 1 aromatic rings. The number of thiophene rings is 1. The highest BCUT2D eigenvalue weighted by Gasteiger charge is 2.17. The quantitative estimate of drug-likeness (QED) is 0.724. The van der Waals surface area contributed by atoms with Crippen LogP contribution >= 0.6 is 23.7 Å². The molecule has 2 rings (SSSR count). The number of rotatable bonds is 1. The van der Waals surface area contributed by atoms with Crippen LogP contribution in [-0.4, -0.2) is 12.1 Å². The summed E-state index contributed by atoms with van der Waals surface area (Å²) < 4.78 is 0. The minimum atomic E-state index is 0. The summed E-state index contributed by atoms with van der Waals surface area (Å²) in [4.78, 5) is 1.51. The zero-order valence-corrected chi connectivity index (χ0v) is 7.97. The van der Waals surface area contributed by atoms with Crippen LogP contribution in [-0.2, 0) is 13.1 Å². The maximum absolute atomic E-state index is 3.14. The molecular weight excluding hydrogens is 180 g/mol. The number of hydrazine groups is 1. The molecule has 11 heavy (non-hydrogen) atoms. The Kier molecular flexibility index (Phi) is 2.90. The van der Waals surface area contributed by atoms with Crippen LogP contribution in [0.2, 0.25) is 0 Å². The molecular formula is C7H11ClN2S. The first-order valence-corrected chi connectivity index (χ1v) is 4.25. The van der Waals surface area contributed by atoms with Crippen molar-refractivity contribution < 1.29 is 0 Å². The van der Waals surface area contributed by atoms with Crippen LogP contribution < -0.4 is 5.43 Å². The Bertz CT molecular complexity index is 216. The summed E-state index contributed by atoms with van der Waals surface area (Å²) in [6.45, 7) is 2.14. The number of fused-ring (bicyclic) bond motifs is 1. The SMILES string of the molecule is CNN1Cc2ccsc2C1.Cl. The Morgan fingerprint density at radius 3 is 3.00 bits per heavy atom. The Hall–Kier alpha value is -0.0900. The molecule has 0 aliphatic carbocycles. The first-order valence-electron chi connectivity index (χ1n) is 3.38. The van der Waals surface area contributed by atoms with Gasteiger partial charge in [0.2, 0.25) is 0 Å². The van der Waals surface area contributed by atoms with E-state index in [-0.39, 0.29) is 12.4 Å². The van der Waals surface area contributed by atoms with Gasteiger partial charge in [-0.15, -0.1) is 23.7 Å². The lowest BCUT2D eigenvalue weighted by atomic mass is 10.3. The van der Waals surface area contributed by atoms with E-state index in [1.54, 1.807) is 0 Å². The molecule has 1 aliphatic heterocycles. The van der Waals surface area contributed by atoms with Crippen LogP contribution in [0.15, 0.2) is 11.4 Å². The van der Waals surface area contributed by atoms with Crippen molar-refractivity contribution in [1.29, 1.82) is 0 Å². The highest BCUT2D eigenvalue weighted by atomic mass is 35.5. The van der Waals surface area contributed by atoms with E-state index in [1.165, 1.54) is 10.4 Å². The number of hydrogen-bond acceptors (Lipinski definition) is 3. The highest BCUT2D eigenvalue weighted by Crippen LogP contribution is 2.25. The van der Waals surface area contributed by atoms with Gasteiger partial charge in [0, 0.05) is 18.0 Å². The van der Waals surface area contributed by atoms with Gasteiger partial charge in [-0.3, -0.25) is 5.43 Å². The summed E-state index contributed by atoms with van der Waals surface area (Å²) in [6.07, 6.45) is 0. The molecule has 0 amide bonds. The smallest absolute Gasteiger partial charge is 0.0482 e. The molecule has 1 aliphatic rings. The second kappa shape index (κ2) is 3.54. The largest absolute Gasteiger partial charge is 0.258 e. The van der Waals surface area contributed by atoms with Crippen LogP contribution in [0.4, 0.5) is 0 Å². The van der Waals surface area contributed by atoms with Gasteiger partial charge in [0.1, 0.15) is 0 Å². The fourth-order valence-corrected chi connectivity index (χ4v) is 2.15. The van der Waals surface area contributed by atoms with Crippen molar-refractivity contribution in [1.82, 2.24) is 10.4 Å². The molecule has 0 atom stereocenters. The molecule has 1 N–H and O–H groups in total. The maximum atomic E-state index is 3.14. The zero-order chi connectivity index (χ0) is 6.97. The number of halogens is 1. The molecule has 4 heteroatoms. The summed E-state index contributed by atoms with van der Waals surface area (Å²) in [6, 6.07) is 2.21. The molecule has 0 aromatic carbocycles. The van der Waals surface area contributed by atoms with Crippen LogP contribution in [0.1, 0.15) is 10.4 Å². The van der Waals surface area contributed by atoms with E-state index in [1.807, 2.05) is 18.4 Å². The third kappa shape index (κ3) is 1.56. The van der Waals surface area contributed by atoms with Crippen molar-refractivity contribution in [3.63, 3.8) is 0 Å². The Morgan fingerprint density at radius 1 is 1.55 bits per heavy atom. The zero-order valence-electron chi connectivity index (χ0n) is 6.33. The van der Waals surface area contributed by atoms with Gasteiger partial charge in [0.05, 0.1) is 0 Å². The van der Waals surface area contributed by atoms with Gasteiger partial charge >= 0.3 is 0 Å². The summed E-state index contributed by atoms with van der Waals surface area (Å²) in [5.74, 6) is 0. The third-order valence-electron chi connectivity index (χ3n) is 1.85. The number of nitrogens with zero attached hydrogens (tertiary/aromatic N) is 1. The summed E-state index contributed by atoms with van der Waals surface area (Å²) in [7, 11) is 1.97. The van der Waals surface area contributed by atoms with Crippen molar-refractivity contribution >= 4 is 23.7 Å². The topological polar surface area (TPSA) is 15.3 Å². The van der Waals surface area contributed by atoms with E-state index in [9.17, 15) is 0 Å². The fraction of sp³-hybridized carbons (Fsp3) is 0.429. The molecule has 0 fully saturated rings. The minimum Gasteiger partial charge on any atom is -0.258 e. The summed E-state index contributed by atoms with van der Waals surface area (Å²) in [5.41, 5.74) is 4.62. The monoisotopic (exact) mass is 190 g/mol. The fourth-order valence-electron chi connectivity index (χ4n) is 1.24. The first-order chi connectivity index (χ1) is 4.90. The molecule has 0 saturated carbocycles. The van der Waals surface area contributed by atoms with Crippen molar-refractivity contribution in [2.24, 2.45) is 0 Å². The van der Waals surface area contributed by atoms with Crippen molar-refractivity contribution in [2.75, 3.05) is 7.05 Å². The van der Waals surface area contributed by atoms with Gasteiger partial charge in [0.15, 0.2) is 0 Å². The first kappa shape index (κ1) is 9.00. The average molecular weight is 191 g/mol. The lowest BCUT2D eigenvalue weighted by molar-refractivity contribution is 0.213. The van der Waals surface area contributed by atoms with Crippen LogP contribution in [0.5, 0.6) is 0 Å². The lowest BCUT2D eigenvalue weighted by Gasteiger charge is -2.11. The van der Waals surface area contributed by atoms with Crippen LogP contribution in [0.3, 0.4) is 0 Å². The standard InChI is InChI=1S/C7H10N2S.ClH/c1-8-9-4-6-2-3-10-7(6)5-9;/h2-3,8H,4-5H2,1H3;1H. The molecule has 2 nitrogen and oxygen atoms in total. The van der Waals surface area contributed by atoms with Gasteiger partial charge in [-0.2, -0.15) is 0 Å². The Labute approximate surface area is 76.6 Å². The second-order valence-corrected chi connectivity index (χ2v) is 3.45. The highest BCUT2D eigenvalue weighted by molar-refractivity contribution is 7.10. The molecule has 0 spiro atoms. The number of hydrogen-bond donors (Lipinski definition) is 1. The van der Waals surface area contributed by atoms with Gasteiger partial charge in [-0.25, -0.2) is 5.01 Å². The van der Waals surface area contributed by atoms with E-state index in [4.69, 9.17) is 0 Å². The van der Waals surface area contributed by atoms with E-state index in [0.29, 0.717) is 0 Å². The molecule has 0 bridgehead atoms. The molecule has 0 radical (unpaired) electrons. The molecule has 62 valence electrons. The normalized spacial score (nSPS) is 16.1. The second-order valence-electron chi connectivity index (χ2n) is 2.45. The predicted molar refractivity (Wildman–Crippen MR) is 49.9 cm³/mol. The van der Waals surface area contributed by atoms with Crippen LogP contribution in [0.25, 0.3) is 0 Å². The molecule has 2 heterocycles. The molecule has 0 saturated heterocycles. The van der Waals surface area contributed by atoms with Crippen molar-refractivity contribution in [2.45, 2.75) is 13.1 Å². The van der Waals surface area contributed by atoms with Gasteiger partial charge in [0.25, 0.3) is 0 Å². The van der Waals surface area contributed by atoms with Gasteiger partial charge in [-0.05, 0) is 24.1 Å². The van der Waals surface area contributed by atoms with Crippen molar-refractivity contribution in [3.8, 4) is 0 Å². The molecule has 1 aromatic heterocycles. The van der Waals surface area contributed by atoms with Crippen molar-refractivity contribution in [3.05, 3.63) is 21.9 Å². The van der Waals surface area contributed by atoms with E-state index < -0.39 is 0 Å². The predicted octanol–water partition coefficient (Wildman–Crippen LogP) is 1.62. The Balaban J connectivity index is 0.000000605. The van der Waals surface area contributed by atoms with Gasteiger partial charge < -0.3 is 0 Å². The number of nitrogens with one attached hydrogen (secondary N) is 1. The minimum absolute atomic E-state index is 0. The van der Waals surface area contributed by atoms with Crippen LogP contribution in [0, 0.1) is 0 Å². The average Bonchev–Trinajstić information content (AvgIpc) is 2.42. The lowest BCUT2D eigenvalue weighted by Crippen LogP contribution is -2.29. The van der Waals surface area contributed by atoms with E-state index >= 15 is 0 Å². The third-order valence-corrected chi connectivity index (χ3v) is 2.80. The summed E-state index contributed by atoms with van der Waals surface area (Å²) >= 11 is 1.85. The maximum Gasteiger partial charge on any atom is 0.0482 e. The van der Waals surface area contributed by atoms with E-state index in [0.717, 1.165) is 13.1 Å². The summed E-state index contributed by atoms with van der Waals surface area (Å²) in [5, 5.41) is 4.37. The van der Waals surface area contributed by atoms with E-state index in [2.05, 4.69) is 21.9 Å².